The molecule has 1 aliphatic rings. The molecule has 1 atom stereocenters. The monoisotopic (exact) mass is 355 g/mol. The highest BCUT2D eigenvalue weighted by Gasteiger charge is 2.28. The Bertz CT molecular complexity index is 782. The minimum atomic E-state index is -0.544. The zero-order valence-electron chi connectivity index (χ0n) is 16.0. The smallest absolute Gasteiger partial charge is 0.273 e. The molecule has 1 amide bonds. The van der Waals surface area contributed by atoms with E-state index in [0.717, 1.165) is 23.7 Å². The molecule has 1 N–H and O–H groups in total. The van der Waals surface area contributed by atoms with Crippen LogP contribution in [0.15, 0.2) is 24.3 Å². The van der Waals surface area contributed by atoms with E-state index in [1.54, 1.807) is 0 Å². The summed E-state index contributed by atoms with van der Waals surface area (Å²) in [5.41, 5.74) is 1.06. The molecule has 0 saturated heterocycles. The maximum absolute atomic E-state index is 12.8. The van der Waals surface area contributed by atoms with Crippen LogP contribution in [0.2, 0.25) is 0 Å². The summed E-state index contributed by atoms with van der Waals surface area (Å²) < 4.78 is 1.98. The fourth-order valence-corrected chi connectivity index (χ4v) is 3.71. The Kier molecular flexibility index (Phi) is 5.44. The number of nitrogens with one attached hydrogen (secondary N) is 1. The first kappa shape index (κ1) is 18.6. The van der Waals surface area contributed by atoms with Gasteiger partial charge in [0.05, 0.1) is 11.6 Å². The summed E-state index contributed by atoms with van der Waals surface area (Å²) >= 11 is 0. The first-order valence-corrected chi connectivity index (χ1v) is 9.62. The van der Waals surface area contributed by atoms with Crippen LogP contribution in [0.1, 0.15) is 63.4 Å². The predicted molar refractivity (Wildman–Crippen MR) is 103 cm³/mol. The van der Waals surface area contributed by atoms with Gasteiger partial charge in [0.25, 0.3) is 5.91 Å². The third-order valence-electron chi connectivity index (χ3n) is 5.38. The number of aldehydes is 1. The lowest BCUT2D eigenvalue weighted by molar-refractivity contribution is -0.111. The first-order valence-electron chi connectivity index (χ1n) is 9.62. The minimum Gasteiger partial charge on any atom is -0.341 e. The molecular formula is C21H29N3O2. The van der Waals surface area contributed by atoms with Gasteiger partial charge in [-0.1, -0.05) is 58.2 Å². The van der Waals surface area contributed by atoms with E-state index in [1.807, 2.05) is 49.7 Å². The molecule has 26 heavy (non-hydrogen) atoms. The second kappa shape index (κ2) is 7.60. The number of fused-ring (bicyclic) bond motifs is 1. The number of hydrogen-bond acceptors (Lipinski definition) is 3. The summed E-state index contributed by atoms with van der Waals surface area (Å²) in [7, 11) is 0. The molecule has 0 aliphatic heterocycles. The topological polar surface area (TPSA) is 64.0 Å². The number of hydrogen-bond donors (Lipinski definition) is 1. The van der Waals surface area contributed by atoms with Gasteiger partial charge in [-0.05, 0) is 30.2 Å². The van der Waals surface area contributed by atoms with E-state index in [2.05, 4.69) is 10.4 Å². The lowest BCUT2D eigenvalue weighted by atomic mass is 9.87. The Morgan fingerprint density at radius 2 is 1.96 bits per heavy atom. The van der Waals surface area contributed by atoms with Crippen LogP contribution in [-0.2, 0) is 11.3 Å². The quantitative estimate of drug-likeness (QED) is 0.826. The van der Waals surface area contributed by atoms with Gasteiger partial charge in [0.1, 0.15) is 6.29 Å². The van der Waals surface area contributed by atoms with Gasteiger partial charge in [-0.2, -0.15) is 5.10 Å². The number of aromatic nitrogens is 2. The molecule has 1 unspecified atom stereocenters. The molecular weight excluding hydrogens is 326 g/mol. The fourth-order valence-electron chi connectivity index (χ4n) is 3.71. The molecule has 1 aromatic carbocycles. The molecule has 0 spiro atoms. The molecule has 1 saturated carbocycles. The number of amides is 1. The highest BCUT2D eigenvalue weighted by Crippen LogP contribution is 2.27. The molecule has 5 heteroatoms. The molecule has 3 rings (SSSR count). The lowest BCUT2D eigenvalue weighted by Gasteiger charge is -2.26. The number of nitrogens with zero attached hydrogens (tertiary/aromatic N) is 2. The standard InChI is InChI=1S/C21H29N3O2/c1-21(2,3)18(14-25)22-20(26)19-16-11-7-8-12-17(16)24(23-19)13-15-9-5-4-6-10-15/h7-8,11-12,14-15,18H,4-6,9-10,13H2,1-3H3,(H,22,26). The van der Waals surface area contributed by atoms with Crippen molar-refractivity contribution in [1.82, 2.24) is 15.1 Å². The van der Waals surface area contributed by atoms with E-state index in [4.69, 9.17) is 0 Å². The van der Waals surface area contributed by atoms with Crippen molar-refractivity contribution in [3.05, 3.63) is 30.0 Å². The predicted octanol–water partition coefficient (Wildman–Crippen LogP) is 3.96. The van der Waals surface area contributed by atoms with Gasteiger partial charge in [0.2, 0.25) is 0 Å². The second-order valence-corrected chi connectivity index (χ2v) is 8.51. The van der Waals surface area contributed by atoms with Gasteiger partial charge in [-0.15, -0.1) is 0 Å². The zero-order valence-corrected chi connectivity index (χ0v) is 16.0. The minimum absolute atomic E-state index is 0.282. The van der Waals surface area contributed by atoms with E-state index in [-0.39, 0.29) is 11.3 Å². The van der Waals surface area contributed by atoms with Crippen LogP contribution in [0, 0.1) is 11.3 Å². The number of carbonyl (C=O) groups is 2. The maximum Gasteiger partial charge on any atom is 0.273 e. The first-order chi connectivity index (χ1) is 12.4. The van der Waals surface area contributed by atoms with Crippen molar-refractivity contribution < 1.29 is 9.59 Å². The lowest BCUT2D eigenvalue weighted by Crippen LogP contribution is -2.45. The van der Waals surface area contributed by atoms with Gasteiger partial charge in [0, 0.05) is 11.9 Å². The van der Waals surface area contributed by atoms with Crippen molar-refractivity contribution >= 4 is 23.1 Å². The molecule has 2 aromatic rings. The number of carbonyl (C=O) groups excluding carboxylic acids is 2. The molecule has 1 aliphatic carbocycles. The van der Waals surface area contributed by atoms with Gasteiger partial charge in [-0.25, -0.2) is 0 Å². The third-order valence-corrected chi connectivity index (χ3v) is 5.38. The maximum atomic E-state index is 12.8. The molecule has 1 fully saturated rings. The van der Waals surface area contributed by atoms with E-state index in [0.29, 0.717) is 11.6 Å². The SMILES string of the molecule is CC(C)(C)C(C=O)NC(=O)c1nn(CC2CCCCC2)c2ccccc12. The van der Waals surface area contributed by atoms with Gasteiger partial charge >= 0.3 is 0 Å². The van der Waals surface area contributed by atoms with Crippen LogP contribution >= 0.6 is 0 Å². The van der Waals surface area contributed by atoms with Crippen LogP contribution in [0.4, 0.5) is 0 Å². The van der Waals surface area contributed by atoms with Crippen molar-refractivity contribution in [3.63, 3.8) is 0 Å². The van der Waals surface area contributed by atoms with E-state index >= 15 is 0 Å². The Labute approximate surface area is 155 Å². The summed E-state index contributed by atoms with van der Waals surface area (Å²) in [6.45, 7) is 6.66. The number of para-hydroxylation sites is 1. The molecule has 1 heterocycles. The molecule has 5 nitrogen and oxygen atoms in total. The third kappa shape index (κ3) is 3.97. The second-order valence-electron chi connectivity index (χ2n) is 8.51. The van der Waals surface area contributed by atoms with Gasteiger partial charge in [-0.3, -0.25) is 9.48 Å². The highest BCUT2D eigenvalue weighted by atomic mass is 16.2. The highest BCUT2D eigenvalue weighted by molar-refractivity contribution is 6.05. The van der Waals surface area contributed by atoms with Crippen LogP contribution in [0.5, 0.6) is 0 Å². The van der Waals surface area contributed by atoms with Crippen LogP contribution in [0.25, 0.3) is 10.9 Å². The summed E-state index contributed by atoms with van der Waals surface area (Å²) in [5, 5.41) is 8.34. The van der Waals surface area contributed by atoms with Gasteiger partial charge in [0.15, 0.2) is 5.69 Å². The van der Waals surface area contributed by atoms with E-state index in [9.17, 15) is 9.59 Å². The fraction of sp³-hybridized carbons (Fsp3) is 0.571. The Morgan fingerprint density at radius 1 is 1.27 bits per heavy atom. The molecule has 0 bridgehead atoms. The largest absolute Gasteiger partial charge is 0.341 e. The molecule has 0 radical (unpaired) electrons. The average molecular weight is 355 g/mol. The van der Waals surface area contributed by atoms with Crippen LogP contribution < -0.4 is 5.32 Å². The summed E-state index contributed by atoms with van der Waals surface area (Å²) in [6.07, 6.45) is 7.15. The van der Waals surface area contributed by atoms with Crippen molar-refractivity contribution in [2.45, 2.75) is 65.5 Å². The summed E-state index contributed by atoms with van der Waals surface area (Å²) in [6, 6.07) is 7.31. The van der Waals surface area contributed by atoms with E-state index in [1.165, 1.54) is 32.1 Å². The average Bonchev–Trinajstić information content (AvgIpc) is 2.98. The summed E-state index contributed by atoms with van der Waals surface area (Å²) in [4.78, 5) is 24.2. The van der Waals surface area contributed by atoms with Crippen molar-refractivity contribution in [2.75, 3.05) is 0 Å². The molecule has 140 valence electrons. The molecule has 1 aromatic heterocycles. The Hall–Kier alpha value is -2.17. The zero-order chi connectivity index (χ0) is 18.7. The van der Waals surface area contributed by atoms with E-state index < -0.39 is 6.04 Å². The Morgan fingerprint density at radius 3 is 2.62 bits per heavy atom. The van der Waals surface area contributed by atoms with Gasteiger partial charge < -0.3 is 10.1 Å². The number of benzene rings is 1. The normalized spacial score (nSPS) is 17.2. The van der Waals surface area contributed by atoms with Crippen molar-refractivity contribution in [3.8, 4) is 0 Å². The number of rotatable bonds is 5. The summed E-state index contributed by atoms with van der Waals surface area (Å²) in [5.74, 6) is 0.343. The Balaban J connectivity index is 1.88. The van der Waals surface area contributed by atoms with Crippen LogP contribution in [-0.4, -0.2) is 28.0 Å². The van der Waals surface area contributed by atoms with Crippen molar-refractivity contribution in [1.29, 1.82) is 0 Å². The van der Waals surface area contributed by atoms with Crippen LogP contribution in [0.3, 0.4) is 0 Å². The van der Waals surface area contributed by atoms with Crippen molar-refractivity contribution in [2.24, 2.45) is 11.3 Å².